The summed E-state index contributed by atoms with van der Waals surface area (Å²) < 4.78 is 22.7. The highest BCUT2D eigenvalue weighted by Gasteiger charge is 2.39. The SMILES string of the molecule is CCN(CC)C(=O)N[C@]1(C)CCS(=O)(=O)C1. The number of hydrogen-bond donors (Lipinski definition) is 1. The van der Waals surface area contributed by atoms with Crippen LogP contribution in [0.2, 0.25) is 0 Å². The van der Waals surface area contributed by atoms with E-state index in [0.717, 1.165) is 0 Å². The summed E-state index contributed by atoms with van der Waals surface area (Å²) in [5.41, 5.74) is -0.599. The molecule has 1 fully saturated rings. The van der Waals surface area contributed by atoms with Crippen LogP contribution < -0.4 is 5.32 Å². The van der Waals surface area contributed by atoms with Crippen LogP contribution in [0.5, 0.6) is 0 Å². The van der Waals surface area contributed by atoms with Crippen molar-refractivity contribution in [2.75, 3.05) is 24.6 Å². The quantitative estimate of drug-likeness (QED) is 0.796. The molecule has 1 aliphatic rings. The number of carbonyl (C=O) groups is 1. The van der Waals surface area contributed by atoms with Gasteiger partial charge in [0.1, 0.15) is 0 Å². The molecular weight excluding hydrogens is 228 g/mol. The number of nitrogens with one attached hydrogen (secondary N) is 1. The van der Waals surface area contributed by atoms with E-state index in [4.69, 9.17) is 0 Å². The van der Waals surface area contributed by atoms with Gasteiger partial charge in [0.25, 0.3) is 0 Å². The first-order valence-electron chi connectivity index (χ1n) is 5.59. The summed E-state index contributed by atoms with van der Waals surface area (Å²) in [4.78, 5) is 13.4. The maximum Gasteiger partial charge on any atom is 0.317 e. The van der Waals surface area contributed by atoms with Crippen molar-refractivity contribution in [2.45, 2.75) is 32.7 Å². The summed E-state index contributed by atoms with van der Waals surface area (Å²) in [6, 6.07) is -0.176. The molecule has 0 aromatic carbocycles. The molecule has 1 rings (SSSR count). The number of urea groups is 1. The Balaban J connectivity index is 2.64. The lowest BCUT2D eigenvalue weighted by atomic mass is 10.0. The predicted molar refractivity (Wildman–Crippen MR) is 63.1 cm³/mol. The van der Waals surface area contributed by atoms with Gasteiger partial charge in [-0.3, -0.25) is 0 Å². The van der Waals surface area contributed by atoms with Gasteiger partial charge in [0.05, 0.1) is 17.0 Å². The van der Waals surface area contributed by atoms with E-state index in [1.54, 1.807) is 11.8 Å². The lowest BCUT2D eigenvalue weighted by molar-refractivity contribution is 0.192. The molecule has 16 heavy (non-hydrogen) atoms. The van der Waals surface area contributed by atoms with E-state index in [2.05, 4.69) is 5.32 Å². The maximum absolute atomic E-state index is 11.8. The highest BCUT2D eigenvalue weighted by Crippen LogP contribution is 2.22. The fraction of sp³-hybridized carbons (Fsp3) is 0.900. The molecule has 6 heteroatoms. The van der Waals surface area contributed by atoms with E-state index in [9.17, 15) is 13.2 Å². The minimum absolute atomic E-state index is 0.0486. The molecule has 1 saturated heterocycles. The van der Waals surface area contributed by atoms with Crippen molar-refractivity contribution in [1.82, 2.24) is 10.2 Å². The average Bonchev–Trinajstić information content (AvgIpc) is 2.42. The molecular formula is C10H20N2O3S. The van der Waals surface area contributed by atoms with Gasteiger partial charge in [0.15, 0.2) is 9.84 Å². The van der Waals surface area contributed by atoms with Gasteiger partial charge in [0.2, 0.25) is 0 Å². The van der Waals surface area contributed by atoms with Gasteiger partial charge < -0.3 is 10.2 Å². The normalized spacial score (nSPS) is 27.7. The molecule has 0 aromatic rings. The summed E-state index contributed by atoms with van der Waals surface area (Å²) >= 11 is 0. The number of rotatable bonds is 3. The fourth-order valence-corrected chi connectivity index (χ4v) is 4.05. The zero-order valence-electron chi connectivity index (χ0n) is 10.1. The van der Waals surface area contributed by atoms with Crippen LogP contribution in [0.4, 0.5) is 4.79 Å². The molecule has 2 amide bonds. The Kier molecular flexibility index (Phi) is 3.83. The van der Waals surface area contributed by atoms with Crippen LogP contribution in [0.1, 0.15) is 27.2 Å². The first-order chi connectivity index (χ1) is 7.32. The summed E-state index contributed by atoms with van der Waals surface area (Å²) in [7, 11) is -2.97. The summed E-state index contributed by atoms with van der Waals surface area (Å²) in [5, 5.41) is 2.82. The number of amides is 2. The van der Waals surface area contributed by atoms with Crippen LogP contribution in [0, 0.1) is 0 Å². The van der Waals surface area contributed by atoms with Crippen molar-refractivity contribution in [1.29, 1.82) is 0 Å². The van der Waals surface area contributed by atoms with Crippen LogP contribution in [0.15, 0.2) is 0 Å². The number of carbonyl (C=O) groups excluding carboxylic acids is 1. The molecule has 1 heterocycles. The van der Waals surface area contributed by atoms with Crippen molar-refractivity contribution in [3.05, 3.63) is 0 Å². The van der Waals surface area contributed by atoms with E-state index in [0.29, 0.717) is 19.5 Å². The lowest BCUT2D eigenvalue weighted by Gasteiger charge is -2.28. The van der Waals surface area contributed by atoms with Crippen molar-refractivity contribution in [3.8, 4) is 0 Å². The summed E-state index contributed by atoms with van der Waals surface area (Å²) in [6.45, 7) is 6.85. The number of sulfone groups is 1. The Labute approximate surface area is 97.1 Å². The lowest BCUT2D eigenvalue weighted by Crippen LogP contribution is -2.52. The Morgan fingerprint density at radius 2 is 1.94 bits per heavy atom. The first-order valence-corrected chi connectivity index (χ1v) is 7.41. The first kappa shape index (κ1) is 13.3. The predicted octanol–water partition coefficient (Wildman–Crippen LogP) is 0.615. The third-order valence-corrected chi connectivity index (χ3v) is 4.87. The van der Waals surface area contributed by atoms with Crippen molar-refractivity contribution < 1.29 is 13.2 Å². The molecule has 0 aliphatic carbocycles. The third-order valence-electron chi connectivity index (χ3n) is 2.96. The molecule has 1 aliphatic heterocycles. The highest BCUT2D eigenvalue weighted by molar-refractivity contribution is 7.91. The van der Waals surface area contributed by atoms with Gasteiger partial charge in [-0.05, 0) is 27.2 Å². The monoisotopic (exact) mass is 248 g/mol. The molecule has 0 radical (unpaired) electrons. The second kappa shape index (κ2) is 4.61. The molecule has 5 nitrogen and oxygen atoms in total. The average molecular weight is 248 g/mol. The van der Waals surface area contributed by atoms with E-state index in [1.807, 2.05) is 13.8 Å². The highest BCUT2D eigenvalue weighted by atomic mass is 32.2. The van der Waals surface area contributed by atoms with Crippen molar-refractivity contribution in [2.24, 2.45) is 0 Å². The van der Waals surface area contributed by atoms with Gasteiger partial charge in [0, 0.05) is 13.1 Å². The Morgan fingerprint density at radius 1 is 1.38 bits per heavy atom. The van der Waals surface area contributed by atoms with Gasteiger partial charge in [-0.15, -0.1) is 0 Å². The van der Waals surface area contributed by atoms with Gasteiger partial charge >= 0.3 is 6.03 Å². The largest absolute Gasteiger partial charge is 0.332 e. The van der Waals surface area contributed by atoms with Crippen LogP contribution >= 0.6 is 0 Å². The van der Waals surface area contributed by atoms with Crippen LogP contribution in [-0.2, 0) is 9.84 Å². The van der Waals surface area contributed by atoms with Crippen molar-refractivity contribution >= 4 is 15.9 Å². The Bertz CT molecular complexity index is 362. The van der Waals surface area contributed by atoms with Crippen LogP contribution in [-0.4, -0.2) is 49.5 Å². The minimum Gasteiger partial charge on any atom is -0.332 e. The summed E-state index contributed by atoms with van der Waals surface area (Å²) in [6.07, 6.45) is 0.502. The molecule has 1 atom stereocenters. The maximum atomic E-state index is 11.8. The molecule has 0 saturated carbocycles. The number of hydrogen-bond acceptors (Lipinski definition) is 3. The zero-order chi connectivity index (χ0) is 12.4. The number of nitrogens with zero attached hydrogens (tertiary/aromatic N) is 1. The standard InChI is InChI=1S/C10H20N2O3S/c1-4-12(5-2)9(13)11-10(3)6-7-16(14,15)8-10/h4-8H2,1-3H3,(H,11,13)/t10-/m1/s1. The molecule has 94 valence electrons. The van der Waals surface area contributed by atoms with Gasteiger partial charge in [-0.2, -0.15) is 0 Å². The zero-order valence-corrected chi connectivity index (χ0v) is 10.9. The minimum atomic E-state index is -2.97. The molecule has 0 unspecified atom stereocenters. The Morgan fingerprint density at radius 3 is 2.31 bits per heavy atom. The molecule has 0 bridgehead atoms. The van der Waals surface area contributed by atoms with Crippen LogP contribution in [0.25, 0.3) is 0 Å². The summed E-state index contributed by atoms with van der Waals surface area (Å²) in [5.74, 6) is 0.217. The molecule has 1 N–H and O–H groups in total. The van der Waals surface area contributed by atoms with Crippen molar-refractivity contribution in [3.63, 3.8) is 0 Å². The van der Waals surface area contributed by atoms with Gasteiger partial charge in [-0.25, -0.2) is 13.2 Å². The van der Waals surface area contributed by atoms with Gasteiger partial charge in [-0.1, -0.05) is 0 Å². The second-order valence-electron chi connectivity index (χ2n) is 4.51. The third kappa shape index (κ3) is 3.10. The molecule has 0 spiro atoms. The van der Waals surface area contributed by atoms with E-state index in [-0.39, 0.29) is 17.5 Å². The molecule has 0 aromatic heterocycles. The van der Waals surface area contributed by atoms with Crippen LogP contribution in [0.3, 0.4) is 0 Å². The van der Waals surface area contributed by atoms with E-state index < -0.39 is 15.4 Å². The second-order valence-corrected chi connectivity index (χ2v) is 6.69. The smallest absolute Gasteiger partial charge is 0.317 e. The Hall–Kier alpha value is -0.780. The fourth-order valence-electron chi connectivity index (χ4n) is 1.96. The van der Waals surface area contributed by atoms with E-state index in [1.165, 1.54) is 0 Å². The van der Waals surface area contributed by atoms with E-state index >= 15 is 0 Å². The topological polar surface area (TPSA) is 66.5 Å².